The zero-order valence-electron chi connectivity index (χ0n) is 13.1. The molecule has 1 saturated heterocycles. The van der Waals surface area contributed by atoms with Crippen LogP contribution in [-0.4, -0.2) is 18.7 Å². The van der Waals surface area contributed by atoms with Gasteiger partial charge in [0.15, 0.2) is 0 Å². The van der Waals surface area contributed by atoms with Gasteiger partial charge in [0.05, 0.1) is 12.7 Å². The minimum absolute atomic E-state index is 0.246. The van der Waals surface area contributed by atoms with Crippen LogP contribution in [0.3, 0.4) is 0 Å². The van der Waals surface area contributed by atoms with E-state index in [1.165, 1.54) is 7.11 Å². The van der Waals surface area contributed by atoms with Crippen molar-refractivity contribution in [1.29, 1.82) is 0 Å². The molecule has 1 unspecified atom stereocenters. The number of ether oxygens (including phenoxy) is 2. The lowest BCUT2D eigenvalue weighted by atomic mass is 9.63. The Balaban J connectivity index is 2.20. The fourth-order valence-electron chi connectivity index (χ4n) is 3.52. The molecule has 3 rings (SSSR count). The molecule has 3 heteroatoms. The maximum atomic E-state index is 12.5. The van der Waals surface area contributed by atoms with Gasteiger partial charge in [0.2, 0.25) is 0 Å². The van der Waals surface area contributed by atoms with Gasteiger partial charge in [0.1, 0.15) is 11.5 Å². The van der Waals surface area contributed by atoms with Gasteiger partial charge in [-0.1, -0.05) is 60.7 Å². The highest BCUT2D eigenvalue weighted by atomic mass is 16.6. The van der Waals surface area contributed by atoms with Crippen molar-refractivity contribution in [3.8, 4) is 0 Å². The maximum absolute atomic E-state index is 12.5. The second-order valence-corrected chi connectivity index (χ2v) is 6.13. The Kier molecular flexibility index (Phi) is 3.53. The quantitative estimate of drug-likeness (QED) is 0.813. The van der Waals surface area contributed by atoms with E-state index in [1.54, 1.807) is 0 Å². The van der Waals surface area contributed by atoms with Gasteiger partial charge in [-0.05, 0) is 25.0 Å². The van der Waals surface area contributed by atoms with Crippen LogP contribution in [0.2, 0.25) is 0 Å². The summed E-state index contributed by atoms with van der Waals surface area (Å²) in [4.78, 5) is 12.5. The third-order valence-electron chi connectivity index (χ3n) is 4.37. The summed E-state index contributed by atoms with van der Waals surface area (Å²) in [6.45, 7) is 3.86. The monoisotopic (exact) mass is 296 g/mol. The van der Waals surface area contributed by atoms with Crippen molar-refractivity contribution in [2.45, 2.75) is 25.0 Å². The molecule has 3 nitrogen and oxygen atoms in total. The molecule has 0 radical (unpaired) electrons. The van der Waals surface area contributed by atoms with Crippen molar-refractivity contribution in [3.63, 3.8) is 0 Å². The molecule has 0 bridgehead atoms. The van der Waals surface area contributed by atoms with Gasteiger partial charge >= 0.3 is 5.97 Å². The molecule has 0 aromatic heterocycles. The average Bonchev–Trinajstić information content (AvgIpc) is 2.54. The van der Waals surface area contributed by atoms with Crippen LogP contribution in [0, 0.1) is 5.92 Å². The summed E-state index contributed by atoms with van der Waals surface area (Å²) >= 11 is 0. The molecule has 0 spiro atoms. The van der Waals surface area contributed by atoms with Crippen molar-refractivity contribution in [3.05, 3.63) is 71.8 Å². The fraction of sp³-hybridized carbons (Fsp3) is 0.316. The number of methoxy groups -OCH3 is 1. The molecule has 114 valence electrons. The van der Waals surface area contributed by atoms with Crippen molar-refractivity contribution in [2.75, 3.05) is 7.11 Å². The molecule has 1 heterocycles. The van der Waals surface area contributed by atoms with Gasteiger partial charge in [-0.2, -0.15) is 0 Å². The van der Waals surface area contributed by atoms with E-state index >= 15 is 0 Å². The number of carbonyl (C=O) groups is 1. The van der Waals surface area contributed by atoms with Crippen molar-refractivity contribution >= 4 is 5.97 Å². The van der Waals surface area contributed by atoms with Crippen LogP contribution in [0.15, 0.2) is 60.7 Å². The molecule has 2 aromatic carbocycles. The standard InChI is InChI=1S/C19H20O3/c1-18(2)16(17(20)21-3)19(22-18,14-10-6-4-7-11-14)15-12-8-5-9-13-15/h4-13,16H,1-3H3. The zero-order chi connectivity index (χ0) is 15.8. The van der Waals surface area contributed by atoms with E-state index < -0.39 is 17.1 Å². The average molecular weight is 296 g/mol. The molecule has 2 aromatic rings. The third kappa shape index (κ3) is 2.04. The second-order valence-electron chi connectivity index (χ2n) is 6.13. The van der Waals surface area contributed by atoms with Crippen molar-refractivity contribution in [1.82, 2.24) is 0 Å². The van der Waals surface area contributed by atoms with Gasteiger partial charge in [0, 0.05) is 0 Å². The maximum Gasteiger partial charge on any atom is 0.315 e. The van der Waals surface area contributed by atoms with Crippen LogP contribution < -0.4 is 0 Å². The molecule has 1 fully saturated rings. The van der Waals surface area contributed by atoms with Crippen LogP contribution in [0.1, 0.15) is 25.0 Å². The molecule has 1 aliphatic rings. The Hall–Kier alpha value is -2.13. The largest absolute Gasteiger partial charge is 0.469 e. The Bertz CT molecular complexity index is 622. The number of hydrogen-bond donors (Lipinski definition) is 0. The summed E-state index contributed by atoms with van der Waals surface area (Å²) in [5.74, 6) is -0.640. The first-order valence-corrected chi connectivity index (χ1v) is 7.41. The van der Waals surface area contributed by atoms with Gasteiger partial charge in [-0.15, -0.1) is 0 Å². The number of benzene rings is 2. The van der Waals surface area contributed by atoms with Crippen LogP contribution in [0.25, 0.3) is 0 Å². The molecule has 0 saturated carbocycles. The van der Waals surface area contributed by atoms with E-state index in [9.17, 15) is 4.79 Å². The number of esters is 1. The first-order chi connectivity index (χ1) is 10.5. The fourth-order valence-corrected chi connectivity index (χ4v) is 3.52. The summed E-state index contributed by atoms with van der Waals surface area (Å²) < 4.78 is 11.4. The second kappa shape index (κ2) is 5.25. The van der Waals surface area contributed by atoms with Crippen LogP contribution in [0.4, 0.5) is 0 Å². The van der Waals surface area contributed by atoms with Crippen LogP contribution in [0.5, 0.6) is 0 Å². The molecule has 0 aliphatic carbocycles. The lowest BCUT2D eigenvalue weighted by molar-refractivity contribution is -0.294. The van der Waals surface area contributed by atoms with Gasteiger partial charge in [0.25, 0.3) is 0 Å². The van der Waals surface area contributed by atoms with E-state index in [0.29, 0.717) is 0 Å². The minimum atomic E-state index is -0.793. The SMILES string of the molecule is COC(=O)C1C(C)(C)OC1(c1ccccc1)c1ccccc1. The van der Waals surface area contributed by atoms with Crippen LogP contribution in [-0.2, 0) is 19.9 Å². The van der Waals surface area contributed by atoms with Gasteiger partial charge in [-0.3, -0.25) is 4.79 Å². The normalized spacial score (nSPS) is 21.7. The molecular weight excluding hydrogens is 276 g/mol. The first-order valence-electron chi connectivity index (χ1n) is 7.41. The molecule has 0 N–H and O–H groups in total. The van der Waals surface area contributed by atoms with E-state index in [-0.39, 0.29) is 5.97 Å². The third-order valence-corrected chi connectivity index (χ3v) is 4.37. The predicted octanol–water partition coefficient (Wildman–Crippen LogP) is 3.53. The summed E-state index contributed by atoms with van der Waals surface area (Å²) in [5, 5.41) is 0. The van der Waals surface area contributed by atoms with E-state index in [1.807, 2.05) is 74.5 Å². The van der Waals surface area contributed by atoms with Crippen molar-refractivity contribution in [2.24, 2.45) is 5.92 Å². The smallest absolute Gasteiger partial charge is 0.315 e. The highest BCUT2D eigenvalue weighted by Crippen LogP contribution is 2.57. The molecule has 1 aliphatic heterocycles. The molecule has 22 heavy (non-hydrogen) atoms. The summed E-state index contributed by atoms with van der Waals surface area (Å²) in [7, 11) is 1.43. The predicted molar refractivity (Wildman–Crippen MR) is 84.3 cm³/mol. The Morgan fingerprint density at radius 2 is 1.41 bits per heavy atom. The lowest BCUT2D eigenvalue weighted by Gasteiger charge is -2.59. The first kappa shape index (κ1) is 14.8. The lowest BCUT2D eigenvalue weighted by Crippen LogP contribution is -2.67. The summed E-state index contributed by atoms with van der Waals surface area (Å²) in [5.41, 5.74) is 0.574. The Morgan fingerprint density at radius 3 is 1.77 bits per heavy atom. The van der Waals surface area contributed by atoms with E-state index in [2.05, 4.69) is 0 Å². The van der Waals surface area contributed by atoms with Crippen molar-refractivity contribution < 1.29 is 14.3 Å². The van der Waals surface area contributed by atoms with E-state index in [4.69, 9.17) is 9.47 Å². The zero-order valence-corrected chi connectivity index (χ0v) is 13.1. The highest BCUT2D eigenvalue weighted by molar-refractivity contribution is 5.78. The number of hydrogen-bond acceptors (Lipinski definition) is 3. The molecule has 1 atom stereocenters. The molecular formula is C19H20O3. The van der Waals surface area contributed by atoms with E-state index in [0.717, 1.165) is 11.1 Å². The number of carbonyl (C=O) groups excluding carboxylic acids is 1. The minimum Gasteiger partial charge on any atom is -0.469 e. The molecule has 0 amide bonds. The summed E-state index contributed by atoms with van der Waals surface area (Å²) in [6.07, 6.45) is 0. The number of rotatable bonds is 3. The highest BCUT2D eigenvalue weighted by Gasteiger charge is 2.66. The topological polar surface area (TPSA) is 35.5 Å². The van der Waals surface area contributed by atoms with Gasteiger partial charge < -0.3 is 9.47 Å². The Labute approximate surface area is 130 Å². The Morgan fingerprint density at radius 1 is 0.955 bits per heavy atom. The summed E-state index contributed by atoms with van der Waals surface area (Å²) in [6, 6.07) is 19.8. The van der Waals surface area contributed by atoms with Gasteiger partial charge in [-0.25, -0.2) is 0 Å². The van der Waals surface area contributed by atoms with Crippen LogP contribution >= 0.6 is 0 Å².